The van der Waals surface area contributed by atoms with E-state index in [0.717, 1.165) is 39.8 Å². The molecule has 0 fully saturated rings. The fourth-order valence-electron chi connectivity index (χ4n) is 3.08. The van der Waals surface area contributed by atoms with Crippen LogP contribution in [-0.2, 0) is 0 Å². The van der Waals surface area contributed by atoms with Crippen molar-refractivity contribution in [1.82, 2.24) is 4.98 Å². The summed E-state index contributed by atoms with van der Waals surface area (Å²) in [5.41, 5.74) is 19.5. The molecule has 0 aliphatic heterocycles. The van der Waals surface area contributed by atoms with Crippen LogP contribution in [0.15, 0.2) is 79.0 Å². The number of aryl methyl sites for hydroxylation is 1. The number of anilines is 8. The number of benzene rings is 3. The number of halogens is 1. The lowest BCUT2D eigenvalue weighted by molar-refractivity contribution is 1.20. The van der Waals surface area contributed by atoms with Gasteiger partial charge in [-0.1, -0.05) is 23.7 Å². The molecule has 0 radical (unpaired) electrons. The molecule has 0 unspecified atom stereocenters. The lowest BCUT2D eigenvalue weighted by Gasteiger charge is -2.18. The molecule has 0 saturated heterocycles. The number of aromatic nitrogens is 1. The molecule has 0 saturated carbocycles. The van der Waals surface area contributed by atoms with Crippen LogP contribution in [0.4, 0.5) is 45.5 Å². The zero-order valence-corrected chi connectivity index (χ0v) is 17.7. The van der Waals surface area contributed by atoms with Crippen molar-refractivity contribution >= 4 is 57.1 Å². The minimum Gasteiger partial charge on any atom is -0.397 e. The molecule has 4 aromatic rings. The third-order valence-corrected chi connectivity index (χ3v) is 4.98. The van der Waals surface area contributed by atoms with E-state index < -0.39 is 0 Å². The van der Waals surface area contributed by atoms with E-state index in [-0.39, 0.29) is 0 Å². The van der Waals surface area contributed by atoms with Crippen molar-refractivity contribution in [3.8, 4) is 0 Å². The fourth-order valence-corrected chi connectivity index (χ4v) is 3.21. The number of para-hydroxylation sites is 2. The maximum Gasteiger partial charge on any atom is 0.0640 e. The normalized spacial score (nSPS) is 10.5. The van der Waals surface area contributed by atoms with E-state index in [9.17, 15) is 0 Å². The number of nitrogen functional groups attached to an aromatic ring is 2. The third kappa shape index (κ3) is 4.99. The van der Waals surface area contributed by atoms with Gasteiger partial charge < -0.3 is 27.4 Å². The molecule has 0 aliphatic carbocycles. The Morgan fingerprint density at radius 1 is 0.677 bits per heavy atom. The van der Waals surface area contributed by atoms with Crippen LogP contribution in [0.25, 0.3) is 0 Å². The van der Waals surface area contributed by atoms with Crippen LogP contribution in [0, 0.1) is 6.92 Å². The van der Waals surface area contributed by atoms with Crippen molar-refractivity contribution in [2.24, 2.45) is 0 Å². The molecular formula is C24H23ClN6. The van der Waals surface area contributed by atoms with Gasteiger partial charge in [-0.2, -0.15) is 0 Å². The Balaban J connectivity index is 1.60. The summed E-state index contributed by atoms with van der Waals surface area (Å²) in [5, 5.41) is 10.8. The average Bonchev–Trinajstić information content (AvgIpc) is 2.76. The molecule has 31 heavy (non-hydrogen) atoms. The molecule has 6 nitrogen and oxygen atoms in total. The van der Waals surface area contributed by atoms with Gasteiger partial charge >= 0.3 is 0 Å². The number of hydrogen-bond acceptors (Lipinski definition) is 6. The zero-order valence-electron chi connectivity index (χ0n) is 17.0. The average molecular weight is 431 g/mol. The Kier molecular flexibility index (Phi) is 5.82. The van der Waals surface area contributed by atoms with E-state index in [1.165, 1.54) is 0 Å². The molecule has 0 aliphatic rings. The number of nitrogens with two attached hydrogens (primary N) is 2. The van der Waals surface area contributed by atoms with Gasteiger partial charge in [-0.3, -0.25) is 4.98 Å². The quantitative estimate of drug-likeness (QED) is 0.226. The highest BCUT2D eigenvalue weighted by molar-refractivity contribution is 6.30. The topological polar surface area (TPSA) is 101 Å². The van der Waals surface area contributed by atoms with Crippen LogP contribution in [0.3, 0.4) is 0 Å². The van der Waals surface area contributed by atoms with Crippen molar-refractivity contribution in [2.45, 2.75) is 6.92 Å². The Morgan fingerprint density at radius 2 is 1.26 bits per heavy atom. The maximum absolute atomic E-state index is 6.25. The molecule has 0 bridgehead atoms. The second-order valence-electron chi connectivity index (χ2n) is 7.14. The van der Waals surface area contributed by atoms with Crippen LogP contribution in [0.5, 0.6) is 0 Å². The first-order valence-corrected chi connectivity index (χ1v) is 10.1. The first-order chi connectivity index (χ1) is 15.0. The predicted octanol–water partition coefficient (Wildman–Crippen LogP) is 6.44. The SMILES string of the molecule is Cc1ccc(Nc2cc(Nc3ccccc3Nc3ccc(Cl)cc3)c(N)cc2N)cn1. The molecule has 7 heteroatoms. The number of pyridine rings is 1. The Bertz CT molecular complexity index is 1190. The van der Waals surface area contributed by atoms with Gasteiger partial charge in [-0.05, 0) is 67.6 Å². The lowest BCUT2D eigenvalue weighted by atomic mass is 10.1. The van der Waals surface area contributed by atoms with Gasteiger partial charge in [0.05, 0.1) is 46.0 Å². The number of nitrogens with zero attached hydrogens (tertiary/aromatic N) is 1. The van der Waals surface area contributed by atoms with Crippen LogP contribution < -0.4 is 27.4 Å². The van der Waals surface area contributed by atoms with E-state index in [4.69, 9.17) is 23.1 Å². The molecule has 0 atom stereocenters. The monoisotopic (exact) mass is 430 g/mol. The summed E-state index contributed by atoms with van der Waals surface area (Å²) >= 11 is 5.99. The third-order valence-electron chi connectivity index (χ3n) is 4.73. The van der Waals surface area contributed by atoms with E-state index in [0.29, 0.717) is 16.4 Å². The molecule has 1 heterocycles. The Labute approximate surface area is 186 Å². The van der Waals surface area contributed by atoms with Crippen molar-refractivity contribution in [3.05, 3.63) is 89.7 Å². The van der Waals surface area contributed by atoms with Crippen molar-refractivity contribution in [3.63, 3.8) is 0 Å². The smallest absolute Gasteiger partial charge is 0.0640 e. The van der Waals surface area contributed by atoms with Crippen molar-refractivity contribution < 1.29 is 0 Å². The van der Waals surface area contributed by atoms with Gasteiger partial charge in [-0.15, -0.1) is 0 Å². The standard InChI is InChI=1S/C24H23ClN6/c1-15-6-9-18(14-28-15)30-23-13-24(20(27)12-19(23)26)31-22-5-3-2-4-21(22)29-17-10-7-16(25)8-11-17/h2-14,29-31H,26-27H2,1H3. The van der Waals surface area contributed by atoms with Gasteiger partial charge in [0.15, 0.2) is 0 Å². The van der Waals surface area contributed by atoms with Gasteiger partial charge in [0.2, 0.25) is 0 Å². The highest BCUT2D eigenvalue weighted by Gasteiger charge is 2.10. The molecule has 4 rings (SSSR count). The minimum atomic E-state index is 0.548. The summed E-state index contributed by atoms with van der Waals surface area (Å²) in [6.45, 7) is 1.94. The van der Waals surface area contributed by atoms with Crippen molar-refractivity contribution in [2.75, 3.05) is 27.4 Å². The van der Waals surface area contributed by atoms with Gasteiger partial charge in [0.1, 0.15) is 0 Å². The minimum absolute atomic E-state index is 0.548. The second-order valence-corrected chi connectivity index (χ2v) is 7.58. The summed E-state index contributed by atoms with van der Waals surface area (Å²) in [6.07, 6.45) is 1.77. The van der Waals surface area contributed by atoms with Gasteiger partial charge in [0.25, 0.3) is 0 Å². The number of rotatable bonds is 6. The highest BCUT2D eigenvalue weighted by Crippen LogP contribution is 2.35. The van der Waals surface area contributed by atoms with Crippen LogP contribution in [-0.4, -0.2) is 4.98 Å². The predicted molar refractivity (Wildman–Crippen MR) is 132 cm³/mol. The molecular weight excluding hydrogens is 408 g/mol. The first-order valence-electron chi connectivity index (χ1n) is 9.75. The first kappa shape index (κ1) is 20.4. The Hall–Kier alpha value is -3.90. The highest BCUT2D eigenvalue weighted by atomic mass is 35.5. The number of nitrogens with one attached hydrogen (secondary N) is 3. The molecule has 0 spiro atoms. The summed E-state index contributed by atoms with van der Waals surface area (Å²) in [6, 6.07) is 22.9. The van der Waals surface area contributed by atoms with E-state index >= 15 is 0 Å². The Morgan fingerprint density at radius 3 is 1.90 bits per heavy atom. The van der Waals surface area contributed by atoms with Crippen LogP contribution in [0.1, 0.15) is 5.69 Å². The summed E-state index contributed by atoms with van der Waals surface area (Å²) in [4.78, 5) is 4.31. The van der Waals surface area contributed by atoms with Crippen LogP contribution >= 0.6 is 11.6 Å². The molecule has 1 aromatic heterocycles. The van der Waals surface area contributed by atoms with Gasteiger partial charge in [0, 0.05) is 16.4 Å². The largest absolute Gasteiger partial charge is 0.397 e. The molecule has 7 N–H and O–H groups in total. The summed E-state index contributed by atoms with van der Waals surface area (Å²) in [5.74, 6) is 0. The molecule has 0 amide bonds. The molecule has 3 aromatic carbocycles. The number of hydrogen-bond donors (Lipinski definition) is 5. The lowest BCUT2D eigenvalue weighted by Crippen LogP contribution is -2.03. The van der Waals surface area contributed by atoms with E-state index in [2.05, 4.69) is 20.9 Å². The zero-order chi connectivity index (χ0) is 21.8. The molecule has 156 valence electrons. The van der Waals surface area contributed by atoms with Crippen molar-refractivity contribution in [1.29, 1.82) is 0 Å². The van der Waals surface area contributed by atoms with E-state index in [1.54, 1.807) is 12.3 Å². The maximum atomic E-state index is 6.25. The summed E-state index contributed by atoms with van der Waals surface area (Å²) in [7, 11) is 0. The summed E-state index contributed by atoms with van der Waals surface area (Å²) < 4.78 is 0. The van der Waals surface area contributed by atoms with Gasteiger partial charge in [-0.25, -0.2) is 0 Å². The van der Waals surface area contributed by atoms with E-state index in [1.807, 2.05) is 73.7 Å². The van der Waals surface area contributed by atoms with Crippen LogP contribution in [0.2, 0.25) is 5.02 Å². The second kappa shape index (κ2) is 8.85. The fraction of sp³-hybridized carbons (Fsp3) is 0.0417.